The molecule has 0 heterocycles. The molecule has 0 aromatic carbocycles. The van der Waals surface area contributed by atoms with E-state index in [0.717, 1.165) is 57.8 Å². The smallest absolute Gasteiger partial charge is 0.306 e. The van der Waals surface area contributed by atoms with Gasteiger partial charge in [0.15, 0.2) is 6.10 Å². The maximum atomic E-state index is 12.8. The molecular weight excluding hydrogens is 757 g/mol. The van der Waals surface area contributed by atoms with E-state index in [2.05, 4.69) is 57.2 Å². The molecule has 0 aromatic rings. The lowest BCUT2D eigenvalue weighted by atomic mass is 10.0. The number of hydrogen-bond donors (Lipinski definition) is 0. The van der Waals surface area contributed by atoms with Crippen molar-refractivity contribution in [2.45, 2.75) is 284 Å². The molecule has 0 amide bonds. The van der Waals surface area contributed by atoms with E-state index in [1.165, 1.54) is 173 Å². The van der Waals surface area contributed by atoms with Crippen molar-refractivity contribution in [3.8, 4) is 0 Å². The number of rotatable bonds is 48. The van der Waals surface area contributed by atoms with Crippen LogP contribution >= 0.6 is 0 Å². The summed E-state index contributed by atoms with van der Waals surface area (Å²) < 4.78 is 16.8. The molecule has 6 nitrogen and oxygen atoms in total. The molecule has 0 saturated heterocycles. The largest absolute Gasteiger partial charge is 0.462 e. The molecule has 0 aromatic heterocycles. The van der Waals surface area contributed by atoms with Gasteiger partial charge >= 0.3 is 17.9 Å². The minimum atomic E-state index is -0.786. The van der Waals surface area contributed by atoms with Gasteiger partial charge in [-0.25, -0.2) is 0 Å². The van der Waals surface area contributed by atoms with Crippen molar-refractivity contribution in [2.24, 2.45) is 0 Å². The first kappa shape index (κ1) is 58.6. The molecule has 0 aliphatic carbocycles. The Morgan fingerprint density at radius 2 is 0.607 bits per heavy atom. The van der Waals surface area contributed by atoms with Crippen molar-refractivity contribution in [1.82, 2.24) is 0 Å². The van der Waals surface area contributed by atoms with Gasteiger partial charge in [-0.3, -0.25) is 14.4 Å². The third kappa shape index (κ3) is 48.5. The number of carbonyl (C=O) groups is 3. The third-order valence-electron chi connectivity index (χ3n) is 11.6. The fourth-order valence-electron chi connectivity index (χ4n) is 7.64. The number of carbonyl (C=O) groups excluding carboxylic acids is 3. The highest BCUT2D eigenvalue weighted by atomic mass is 16.6. The summed E-state index contributed by atoms with van der Waals surface area (Å²) in [7, 11) is 0. The number of hydrogen-bond acceptors (Lipinski definition) is 6. The maximum Gasteiger partial charge on any atom is 0.306 e. The van der Waals surface area contributed by atoms with E-state index in [0.29, 0.717) is 25.7 Å². The molecule has 0 fully saturated rings. The van der Waals surface area contributed by atoms with Crippen LogP contribution in [0, 0.1) is 0 Å². The van der Waals surface area contributed by atoms with E-state index >= 15 is 0 Å². The summed E-state index contributed by atoms with van der Waals surface area (Å²) in [4.78, 5) is 37.9. The Morgan fingerprint density at radius 3 is 0.984 bits per heavy atom. The van der Waals surface area contributed by atoms with Gasteiger partial charge in [-0.15, -0.1) is 0 Å². The molecule has 0 aliphatic heterocycles. The number of ether oxygens (including phenoxy) is 3. The molecule has 0 rings (SSSR count). The fraction of sp³-hybridized carbons (Fsp3) is 0.836. The molecular formula is C55H100O6. The molecule has 1 unspecified atom stereocenters. The second-order valence-corrected chi connectivity index (χ2v) is 17.8. The van der Waals surface area contributed by atoms with Crippen molar-refractivity contribution in [2.75, 3.05) is 13.2 Å². The SMILES string of the molecule is CCCCCCCC/C=C\C/C=C\C/C=C\CCCC(=O)OCC(COC(=O)CCCCCCCCCCCCC)OC(=O)CCCCCCCCCCCCCCCCC. The molecule has 0 spiro atoms. The second kappa shape index (κ2) is 50.3. The van der Waals surface area contributed by atoms with Crippen LogP contribution in [0.15, 0.2) is 36.5 Å². The summed E-state index contributed by atoms with van der Waals surface area (Å²) in [5, 5.41) is 0. The van der Waals surface area contributed by atoms with Crippen LogP contribution in [0.3, 0.4) is 0 Å². The molecule has 0 radical (unpaired) electrons. The summed E-state index contributed by atoms with van der Waals surface area (Å²) >= 11 is 0. The first-order valence-electron chi connectivity index (χ1n) is 26.5. The standard InChI is InChI=1S/C55H100O6/c1-4-7-10-13-16-19-22-24-26-27-29-30-33-36-39-42-45-48-54(57)60-51-52(50-59-53(56)47-44-41-38-35-32-21-18-15-12-9-6-3)61-55(58)49-46-43-40-37-34-31-28-25-23-20-17-14-11-8-5-2/h24,26,29-30,36,39,52H,4-23,25,27-28,31-35,37-38,40-51H2,1-3H3/b26-24-,30-29-,39-36-. The highest BCUT2D eigenvalue weighted by Crippen LogP contribution is 2.16. The average Bonchev–Trinajstić information content (AvgIpc) is 3.26. The van der Waals surface area contributed by atoms with Gasteiger partial charge in [0.05, 0.1) is 0 Å². The lowest BCUT2D eigenvalue weighted by Crippen LogP contribution is -2.30. The number of allylic oxidation sites excluding steroid dienone is 6. The van der Waals surface area contributed by atoms with Gasteiger partial charge in [-0.05, 0) is 51.4 Å². The number of unbranched alkanes of at least 4 members (excludes halogenated alkanes) is 31. The predicted octanol–water partition coefficient (Wildman–Crippen LogP) is 17.3. The summed E-state index contributed by atoms with van der Waals surface area (Å²) in [6.45, 7) is 6.61. The quantitative estimate of drug-likeness (QED) is 0.0262. The molecule has 0 saturated carbocycles. The maximum absolute atomic E-state index is 12.8. The Balaban J connectivity index is 4.40. The van der Waals surface area contributed by atoms with Crippen LogP contribution in [0.4, 0.5) is 0 Å². The van der Waals surface area contributed by atoms with Crippen LogP contribution in [0.5, 0.6) is 0 Å². The summed E-state index contributed by atoms with van der Waals surface area (Å²) in [5.74, 6) is -0.926. The van der Waals surface area contributed by atoms with E-state index in [1.807, 2.05) is 0 Å². The van der Waals surface area contributed by atoms with Gasteiger partial charge in [-0.2, -0.15) is 0 Å². The topological polar surface area (TPSA) is 78.9 Å². The van der Waals surface area contributed by atoms with Crippen molar-refractivity contribution in [1.29, 1.82) is 0 Å². The summed E-state index contributed by atoms with van der Waals surface area (Å²) in [6, 6.07) is 0. The summed E-state index contributed by atoms with van der Waals surface area (Å²) in [5.41, 5.74) is 0. The van der Waals surface area contributed by atoms with Gasteiger partial charge in [0.25, 0.3) is 0 Å². The van der Waals surface area contributed by atoms with Crippen molar-refractivity contribution in [3.63, 3.8) is 0 Å². The van der Waals surface area contributed by atoms with Gasteiger partial charge in [0.1, 0.15) is 13.2 Å². The molecule has 356 valence electrons. The van der Waals surface area contributed by atoms with E-state index in [1.54, 1.807) is 0 Å². The molecule has 0 N–H and O–H groups in total. The first-order valence-corrected chi connectivity index (χ1v) is 26.5. The van der Waals surface area contributed by atoms with Crippen LogP contribution < -0.4 is 0 Å². The van der Waals surface area contributed by atoms with E-state index in [4.69, 9.17) is 14.2 Å². The molecule has 1 atom stereocenters. The lowest BCUT2D eigenvalue weighted by molar-refractivity contribution is -0.167. The van der Waals surface area contributed by atoms with Crippen molar-refractivity contribution >= 4 is 17.9 Å². The monoisotopic (exact) mass is 857 g/mol. The Kier molecular flexibility index (Phi) is 48.3. The minimum Gasteiger partial charge on any atom is -0.462 e. The van der Waals surface area contributed by atoms with Crippen LogP contribution in [0.25, 0.3) is 0 Å². The van der Waals surface area contributed by atoms with Gasteiger partial charge in [0.2, 0.25) is 0 Å². The third-order valence-corrected chi connectivity index (χ3v) is 11.6. The molecule has 0 aliphatic rings. The van der Waals surface area contributed by atoms with Gasteiger partial charge in [0, 0.05) is 19.3 Å². The van der Waals surface area contributed by atoms with Gasteiger partial charge < -0.3 is 14.2 Å². The average molecular weight is 857 g/mol. The first-order chi connectivity index (χ1) is 30.0. The van der Waals surface area contributed by atoms with E-state index < -0.39 is 6.10 Å². The fourth-order valence-corrected chi connectivity index (χ4v) is 7.64. The zero-order valence-corrected chi connectivity index (χ0v) is 40.7. The highest BCUT2D eigenvalue weighted by Gasteiger charge is 2.19. The minimum absolute atomic E-state index is 0.0834. The zero-order chi connectivity index (χ0) is 44.4. The Morgan fingerprint density at radius 1 is 0.328 bits per heavy atom. The Bertz CT molecular complexity index is 1030. The van der Waals surface area contributed by atoms with Crippen LogP contribution in [0.2, 0.25) is 0 Å². The summed E-state index contributed by atoms with van der Waals surface area (Å²) in [6.07, 6.45) is 58.5. The van der Waals surface area contributed by atoms with E-state index in [9.17, 15) is 14.4 Å². The van der Waals surface area contributed by atoms with Crippen molar-refractivity contribution < 1.29 is 28.6 Å². The Hall–Kier alpha value is -2.37. The highest BCUT2D eigenvalue weighted by molar-refractivity contribution is 5.71. The van der Waals surface area contributed by atoms with Crippen LogP contribution in [0.1, 0.15) is 278 Å². The molecule has 61 heavy (non-hydrogen) atoms. The van der Waals surface area contributed by atoms with E-state index in [-0.39, 0.29) is 31.1 Å². The predicted molar refractivity (Wildman–Crippen MR) is 261 cm³/mol. The normalized spacial score (nSPS) is 12.2. The lowest BCUT2D eigenvalue weighted by Gasteiger charge is -2.18. The molecule has 0 bridgehead atoms. The molecule has 6 heteroatoms. The van der Waals surface area contributed by atoms with Crippen LogP contribution in [-0.2, 0) is 28.6 Å². The second-order valence-electron chi connectivity index (χ2n) is 17.8. The van der Waals surface area contributed by atoms with Gasteiger partial charge in [-0.1, -0.05) is 243 Å². The zero-order valence-electron chi connectivity index (χ0n) is 40.7. The number of esters is 3. The van der Waals surface area contributed by atoms with Crippen LogP contribution in [-0.4, -0.2) is 37.2 Å². The van der Waals surface area contributed by atoms with Crippen molar-refractivity contribution in [3.05, 3.63) is 36.5 Å². The Labute approximate surface area is 378 Å².